The van der Waals surface area contributed by atoms with Gasteiger partial charge in [-0.25, -0.2) is 14.0 Å². The standard InChI is InChI=1S/C20H21FN2O4S/c21-15-3-1-2-4-16(15)23(11-14-5-6-18(28-14)19(24)25)20(26)27-17-12-22-9-7-13(17)8-10-22/h1-6,13,17H,7-12H2,(H,24,25)/t17-/m0/s1. The van der Waals surface area contributed by atoms with Gasteiger partial charge >= 0.3 is 12.1 Å². The number of amides is 1. The molecule has 5 rings (SSSR count). The Hall–Kier alpha value is -2.45. The second-order valence-electron chi connectivity index (χ2n) is 7.17. The minimum atomic E-state index is -1.02. The summed E-state index contributed by atoms with van der Waals surface area (Å²) >= 11 is 1.07. The van der Waals surface area contributed by atoms with E-state index in [1.165, 1.54) is 23.1 Å². The van der Waals surface area contributed by atoms with Gasteiger partial charge in [0.05, 0.1) is 12.2 Å². The van der Waals surface area contributed by atoms with E-state index in [2.05, 4.69) is 4.90 Å². The second-order valence-corrected chi connectivity index (χ2v) is 8.34. The molecule has 1 aromatic heterocycles. The van der Waals surface area contributed by atoms with Gasteiger partial charge in [0, 0.05) is 11.4 Å². The summed E-state index contributed by atoms with van der Waals surface area (Å²) in [5.41, 5.74) is 0.124. The van der Waals surface area contributed by atoms with E-state index < -0.39 is 17.9 Å². The number of benzene rings is 1. The molecule has 3 fully saturated rings. The van der Waals surface area contributed by atoms with Crippen molar-refractivity contribution in [1.82, 2.24) is 4.90 Å². The molecule has 0 aliphatic carbocycles. The Balaban J connectivity index is 1.56. The topological polar surface area (TPSA) is 70.1 Å². The first kappa shape index (κ1) is 18.9. The smallest absolute Gasteiger partial charge is 0.415 e. The van der Waals surface area contributed by atoms with Gasteiger partial charge in [0.25, 0.3) is 0 Å². The van der Waals surface area contributed by atoms with Crippen LogP contribution < -0.4 is 4.90 Å². The number of carbonyl (C=O) groups excluding carboxylic acids is 1. The van der Waals surface area contributed by atoms with Gasteiger partial charge in [0.15, 0.2) is 0 Å². The Bertz CT molecular complexity index is 879. The van der Waals surface area contributed by atoms with E-state index in [-0.39, 0.29) is 23.2 Å². The van der Waals surface area contributed by atoms with Crippen LogP contribution >= 0.6 is 11.3 Å². The molecule has 2 bridgehead atoms. The molecule has 0 saturated carbocycles. The fourth-order valence-electron chi connectivity index (χ4n) is 3.89. The lowest BCUT2D eigenvalue weighted by Crippen LogP contribution is -2.53. The van der Waals surface area contributed by atoms with Crippen molar-refractivity contribution in [2.45, 2.75) is 25.5 Å². The number of anilines is 1. The number of hydrogen-bond acceptors (Lipinski definition) is 5. The molecule has 4 heterocycles. The van der Waals surface area contributed by atoms with Gasteiger partial charge in [-0.2, -0.15) is 0 Å². The summed E-state index contributed by atoms with van der Waals surface area (Å²) in [6, 6.07) is 9.16. The monoisotopic (exact) mass is 404 g/mol. The van der Waals surface area contributed by atoms with Crippen molar-refractivity contribution < 1.29 is 23.8 Å². The lowest BCUT2D eigenvalue weighted by molar-refractivity contribution is -0.0311. The number of aromatic carboxylic acids is 1. The van der Waals surface area contributed by atoms with Crippen LogP contribution in [-0.2, 0) is 11.3 Å². The van der Waals surface area contributed by atoms with Gasteiger partial charge in [-0.05, 0) is 56.1 Å². The molecular formula is C20H21FN2O4S. The normalized spacial score (nSPS) is 23.4. The van der Waals surface area contributed by atoms with Crippen LogP contribution in [0.2, 0.25) is 0 Å². The van der Waals surface area contributed by atoms with Crippen molar-refractivity contribution in [2.75, 3.05) is 24.5 Å². The zero-order valence-electron chi connectivity index (χ0n) is 15.2. The first-order valence-corrected chi connectivity index (χ1v) is 10.1. The number of piperidine rings is 3. The van der Waals surface area contributed by atoms with E-state index in [9.17, 15) is 14.0 Å². The van der Waals surface area contributed by atoms with Crippen LogP contribution in [0.4, 0.5) is 14.9 Å². The van der Waals surface area contributed by atoms with Crippen LogP contribution in [0.3, 0.4) is 0 Å². The highest BCUT2D eigenvalue weighted by molar-refractivity contribution is 7.13. The Labute approximate surface area is 166 Å². The van der Waals surface area contributed by atoms with E-state index in [4.69, 9.17) is 9.84 Å². The molecule has 0 spiro atoms. The van der Waals surface area contributed by atoms with Crippen molar-refractivity contribution in [1.29, 1.82) is 0 Å². The van der Waals surface area contributed by atoms with Crippen LogP contribution in [0.5, 0.6) is 0 Å². The van der Waals surface area contributed by atoms with Crippen molar-refractivity contribution in [3.05, 3.63) is 52.0 Å². The van der Waals surface area contributed by atoms with Gasteiger partial charge in [-0.1, -0.05) is 12.1 Å². The zero-order valence-corrected chi connectivity index (χ0v) is 16.0. The van der Waals surface area contributed by atoms with Gasteiger partial charge in [0.1, 0.15) is 16.8 Å². The molecule has 0 radical (unpaired) electrons. The number of ether oxygens (including phenoxy) is 1. The highest BCUT2D eigenvalue weighted by Gasteiger charge is 2.37. The number of rotatable bonds is 5. The summed E-state index contributed by atoms with van der Waals surface area (Å²) in [7, 11) is 0. The molecule has 1 aromatic carbocycles. The lowest BCUT2D eigenvalue weighted by Gasteiger charge is -2.44. The summed E-state index contributed by atoms with van der Waals surface area (Å²) in [6.07, 6.45) is 1.21. The zero-order chi connectivity index (χ0) is 19.7. The first-order valence-electron chi connectivity index (χ1n) is 9.28. The molecule has 3 saturated heterocycles. The number of carbonyl (C=O) groups is 2. The van der Waals surface area contributed by atoms with E-state index in [1.807, 2.05) is 0 Å². The Morgan fingerprint density at radius 3 is 2.57 bits per heavy atom. The molecule has 1 atom stereocenters. The maximum atomic E-state index is 14.4. The van der Waals surface area contributed by atoms with Gasteiger partial charge in [-0.15, -0.1) is 11.3 Å². The van der Waals surface area contributed by atoms with Crippen LogP contribution in [0.15, 0.2) is 36.4 Å². The molecule has 1 N–H and O–H groups in total. The number of carboxylic acids is 1. The van der Waals surface area contributed by atoms with E-state index in [0.717, 1.165) is 37.3 Å². The SMILES string of the molecule is O=C(O)c1ccc(CN(C(=O)O[C@H]2CN3CCC2CC3)c2ccccc2F)s1. The third-order valence-electron chi connectivity index (χ3n) is 5.40. The quantitative estimate of drug-likeness (QED) is 0.820. The minimum Gasteiger partial charge on any atom is -0.477 e. The molecule has 148 valence electrons. The molecule has 3 aliphatic heterocycles. The van der Waals surface area contributed by atoms with E-state index in [0.29, 0.717) is 17.3 Å². The molecule has 3 aliphatic rings. The number of thiophene rings is 1. The Morgan fingerprint density at radius 2 is 1.96 bits per heavy atom. The molecule has 8 heteroatoms. The van der Waals surface area contributed by atoms with Crippen LogP contribution in [0.1, 0.15) is 27.4 Å². The molecule has 28 heavy (non-hydrogen) atoms. The maximum Gasteiger partial charge on any atom is 0.415 e. The van der Waals surface area contributed by atoms with E-state index in [1.54, 1.807) is 18.2 Å². The summed E-state index contributed by atoms with van der Waals surface area (Å²) in [4.78, 5) is 28.5. The van der Waals surface area contributed by atoms with Crippen LogP contribution in [0, 0.1) is 11.7 Å². The molecule has 0 unspecified atom stereocenters. The van der Waals surface area contributed by atoms with Gasteiger partial charge in [-0.3, -0.25) is 9.80 Å². The van der Waals surface area contributed by atoms with Gasteiger partial charge in [0.2, 0.25) is 0 Å². The van der Waals surface area contributed by atoms with Crippen molar-refractivity contribution in [3.8, 4) is 0 Å². The number of nitrogens with zero attached hydrogens (tertiary/aromatic N) is 2. The molecule has 1 amide bonds. The molecule has 2 aromatic rings. The Morgan fingerprint density at radius 1 is 1.21 bits per heavy atom. The summed E-state index contributed by atoms with van der Waals surface area (Å²) < 4.78 is 20.2. The molecular weight excluding hydrogens is 383 g/mol. The molecule has 6 nitrogen and oxygen atoms in total. The van der Waals surface area contributed by atoms with Crippen molar-refractivity contribution in [2.24, 2.45) is 5.92 Å². The fourth-order valence-corrected chi connectivity index (χ4v) is 4.73. The maximum absolute atomic E-state index is 14.4. The van der Waals surface area contributed by atoms with Crippen molar-refractivity contribution in [3.63, 3.8) is 0 Å². The number of carboxylic acid groups (broad SMARTS) is 1. The lowest BCUT2D eigenvalue weighted by atomic mass is 9.86. The predicted octanol–water partition coefficient (Wildman–Crippen LogP) is 3.82. The first-order chi connectivity index (χ1) is 13.5. The third-order valence-corrected chi connectivity index (χ3v) is 6.46. The highest BCUT2D eigenvalue weighted by atomic mass is 32.1. The second kappa shape index (κ2) is 7.89. The predicted molar refractivity (Wildman–Crippen MR) is 103 cm³/mol. The summed E-state index contributed by atoms with van der Waals surface area (Å²) in [6.45, 7) is 2.83. The summed E-state index contributed by atoms with van der Waals surface area (Å²) in [5, 5.41) is 9.12. The largest absolute Gasteiger partial charge is 0.477 e. The van der Waals surface area contributed by atoms with Crippen LogP contribution in [-0.4, -0.2) is 47.8 Å². The number of para-hydroxylation sites is 1. The number of fused-ring (bicyclic) bond motifs is 3. The Kier molecular flexibility index (Phi) is 5.32. The van der Waals surface area contributed by atoms with Crippen molar-refractivity contribution >= 4 is 29.1 Å². The van der Waals surface area contributed by atoms with Gasteiger partial charge < -0.3 is 9.84 Å². The third kappa shape index (κ3) is 3.88. The average molecular weight is 404 g/mol. The number of hydrogen-bond donors (Lipinski definition) is 1. The average Bonchev–Trinajstić information content (AvgIpc) is 3.17. The van der Waals surface area contributed by atoms with E-state index >= 15 is 0 Å². The number of halogens is 1. The fraction of sp³-hybridized carbons (Fsp3) is 0.400. The summed E-state index contributed by atoms with van der Waals surface area (Å²) in [5.74, 6) is -1.20. The minimum absolute atomic E-state index is 0.0544. The highest BCUT2D eigenvalue weighted by Crippen LogP contribution is 2.31. The van der Waals surface area contributed by atoms with Crippen LogP contribution in [0.25, 0.3) is 0 Å².